The minimum Gasteiger partial charge on any atom is -0.372 e. The number of rotatable bonds is 5. The van der Waals surface area contributed by atoms with E-state index >= 15 is 0 Å². The summed E-state index contributed by atoms with van der Waals surface area (Å²) in [4.78, 5) is 30.0. The summed E-state index contributed by atoms with van der Waals surface area (Å²) in [6.45, 7) is 5.69. The number of anilines is 1. The van der Waals surface area contributed by atoms with Crippen molar-refractivity contribution in [3.05, 3.63) is 23.9 Å². The predicted octanol–water partition coefficient (Wildman–Crippen LogP) is 1.60. The highest BCUT2D eigenvalue weighted by Gasteiger charge is 2.27. The summed E-state index contributed by atoms with van der Waals surface area (Å²) in [6, 6.07) is 3.73. The lowest BCUT2D eigenvalue weighted by atomic mass is 9.96. The average molecular weight is 305 g/mol. The van der Waals surface area contributed by atoms with Crippen LogP contribution in [0.25, 0.3) is 0 Å². The third-order valence-corrected chi connectivity index (χ3v) is 3.81. The van der Waals surface area contributed by atoms with Gasteiger partial charge in [0.2, 0.25) is 11.8 Å². The fraction of sp³-hybridized carbons (Fsp3) is 0.562. The quantitative estimate of drug-likeness (QED) is 0.897. The van der Waals surface area contributed by atoms with Crippen LogP contribution in [0.1, 0.15) is 25.3 Å². The Morgan fingerprint density at radius 2 is 2.14 bits per heavy atom. The molecule has 1 aliphatic heterocycles. The second-order valence-corrected chi connectivity index (χ2v) is 5.50. The van der Waals surface area contributed by atoms with Gasteiger partial charge in [-0.25, -0.2) is 4.98 Å². The molecule has 1 fully saturated rings. The van der Waals surface area contributed by atoms with E-state index in [1.165, 1.54) is 0 Å². The number of carbonyl (C=O) groups is 2. The van der Waals surface area contributed by atoms with Gasteiger partial charge in [0.05, 0.1) is 0 Å². The molecule has 0 bridgehead atoms. The van der Waals surface area contributed by atoms with Crippen molar-refractivity contribution < 1.29 is 14.3 Å². The van der Waals surface area contributed by atoms with E-state index in [9.17, 15) is 9.59 Å². The number of piperidine rings is 1. The Morgan fingerprint density at radius 3 is 2.77 bits per heavy atom. The van der Waals surface area contributed by atoms with Crippen LogP contribution in [0.4, 0.5) is 5.82 Å². The summed E-state index contributed by atoms with van der Waals surface area (Å²) >= 11 is 0. The van der Waals surface area contributed by atoms with Crippen LogP contribution in [0, 0.1) is 12.8 Å². The van der Waals surface area contributed by atoms with E-state index in [1.54, 1.807) is 11.1 Å². The van der Waals surface area contributed by atoms with E-state index in [0.717, 1.165) is 5.56 Å². The molecule has 1 saturated heterocycles. The molecule has 0 spiro atoms. The molecular weight excluding hydrogens is 282 g/mol. The molecule has 1 aliphatic rings. The molecule has 6 nitrogen and oxygen atoms in total. The van der Waals surface area contributed by atoms with Gasteiger partial charge >= 0.3 is 0 Å². The molecule has 1 N–H and O–H groups in total. The number of aryl methyl sites for hydroxylation is 1. The number of likely N-dealkylation sites (tertiary alicyclic amines) is 1. The van der Waals surface area contributed by atoms with Gasteiger partial charge in [-0.2, -0.15) is 0 Å². The van der Waals surface area contributed by atoms with Gasteiger partial charge in [0.15, 0.2) is 0 Å². The second kappa shape index (κ2) is 7.89. The average Bonchev–Trinajstić information content (AvgIpc) is 2.52. The molecule has 0 radical (unpaired) electrons. The first kappa shape index (κ1) is 16.4. The predicted molar refractivity (Wildman–Crippen MR) is 83.4 cm³/mol. The SMILES string of the molecule is CCOCC(=O)N1CCC(C(=O)Nc2cc(C)ccn2)CC1. The normalized spacial score (nSPS) is 15.6. The van der Waals surface area contributed by atoms with Gasteiger partial charge in [-0.15, -0.1) is 0 Å². The van der Waals surface area contributed by atoms with Crippen LogP contribution in [0.5, 0.6) is 0 Å². The van der Waals surface area contributed by atoms with Crippen LogP contribution in [0.15, 0.2) is 18.3 Å². The number of nitrogens with zero attached hydrogens (tertiary/aromatic N) is 2. The van der Waals surface area contributed by atoms with Crippen LogP contribution in [0.3, 0.4) is 0 Å². The van der Waals surface area contributed by atoms with Gasteiger partial charge in [0.1, 0.15) is 12.4 Å². The first-order valence-corrected chi connectivity index (χ1v) is 7.69. The smallest absolute Gasteiger partial charge is 0.248 e. The molecule has 22 heavy (non-hydrogen) atoms. The van der Waals surface area contributed by atoms with E-state index in [-0.39, 0.29) is 24.3 Å². The van der Waals surface area contributed by atoms with E-state index < -0.39 is 0 Å². The number of hydrogen-bond donors (Lipinski definition) is 1. The van der Waals surface area contributed by atoms with Gasteiger partial charge in [0.25, 0.3) is 0 Å². The molecule has 1 aromatic heterocycles. The summed E-state index contributed by atoms with van der Waals surface area (Å²) in [5.41, 5.74) is 1.06. The van der Waals surface area contributed by atoms with E-state index in [0.29, 0.717) is 38.4 Å². The van der Waals surface area contributed by atoms with Crippen molar-refractivity contribution in [1.29, 1.82) is 0 Å². The zero-order valence-corrected chi connectivity index (χ0v) is 13.2. The minimum atomic E-state index is -0.0709. The van der Waals surface area contributed by atoms with Crippen LogP contribution >= 0.6 is 0 Å². The summed E-state index contributed by atoms with van der Waals surface area (Å²) < 4.78 is 5.13. The lowest BCUT2D eigenvalue weighted by Gasteiger charge is -2.31. The standard InChI is InChI=1S/C16H23N3O3/c1-3-22-11-15(20)19-8-5-13(6-9-19)16(21)18-14-10-12(2)4-7-17-14/h4,7,10,13H,3,5-6,8-9,11H2,1-2H3,(H,17,18,21). The first-order valence-electron chi connectivity index (χ1n) is 7.69. The van der Waals surface area contributed by atoms with Crippen molar-refractivity contribution in [1.82, 2.24) is 9.88 Å². The molecule has 0 atom stereocenters. The van der Waals surface area contributed by atoms with Crippen molar-refractivity contribution in [2.75, 3.05) is 31.6 Å². The minimum absolute atomic E-state index is 0.000981. The Kier molecular flexibility index (Phi) is 5.89. The topological polar surface area (TPSA) is 71.5 Å². The molecule has 2 heterocycles. The maximum absolute atomic E-state index is 12.2. The molecule has 0 saturated carbocycles. The Balaban J connectivity index is 1.81. The zero-order chi connectivity index (χ0) is 15.9. The van der Waals surface area contributed by atoms with Gasteiger partial charge < -0.3 is 15.0 Å². The van der Waals surface area contributed by atoms with Gasteiger partial charge in [-0.1, -0.05) is 0 Å². The van der Waals surface area contributed by atoms with Crippen LogP contribution in [-0.2, 0) is 14.3 Å². The molecule has 0 unspecified atom stereocenters. The third kappa shape index (κ3) is 4.53. The number of nitrogens with one attached hydrogen (secondary N) is 1. The summed E-state index contributed by atoms with van der Waals surface area (Å²) in [6.07, 6.45) is 3.03. The highest BCUT2D eigenvalue weighted by molar-refractivity contribution is 5.92. The number of amides is 2. The summed E-state index contributed by atoms with van der Waals surface area (Å²) in [7, 11) is 0. The number of carbonyl (C=O) groups excluding carboxylic acids is 2. The largest absolute Gasteiger partial charge is 0.372 e. The number of hydrogen-bond acceptors (Lipinski definition) is 4. The molecule has 2 amide bonds. The fourth-order valence-corrected chi connectivity index (χ4v) is 2.50. The second-order valence-electron chi connectivity index (χ2n) is 5.50. The van der Waals surface area contributed by atoms with Crippen LogP contribution in [-0.4, -0.2) is 48.0 Å². The van der Waals surface area contributed by atoms with E-state index in [2.05, 4.69) is 10.3 Å². The number of aromatic nitrogens is 1. The van der Waals surface area contributed by atoms with E-state index in [1.807, 2.05) is 26.0 Å². The highest BCUT2D eigenvalue weighted by atomic mass is 16.5. The zero-order valence-electron chi connectivity index (χ0n) is 13.2. The van der Waals surface area contributed by atoms with Crippen LogP contribution < -0.4 is 5.32 Å². The number of ether oxygens (including phenoxy) is 1. The van der Waals surface area contributed by atoms with Crippen molar-refractivity contribution in [2.45, 2.75) is 26.7 Å². The van der Waals surface area contributed by atoms with Gasteiger partial charge in [-0.3, -0.25) is 9.59 Å². The Bertz CT molecular complexity index is 525. The Morgan fingerprint density at radius 1 is 1.41 bits per heavy atom. The Hall–Kier alpha value is -1.95. The maximum atomic E-state index is 12.2. The molecule has 0 aromatic carbocycles. The fourth-order valence-electron chi connectivity index (χ4n) is 2.50. The monoisotopic (exact) mass is 305 g/mol. The number of pyridine rings is 1. The van der Waals surface area contributed by atoms with Crippen molar-refractivity contribution in [2.24, 2.45) is 5.92 Å². The Labute approximate surface area is 130 Å². The van der Waals surface area contributed by atoms with Gasteiger partial charge in [0, 0.05) is 31.8 Å². The highest BCUT2D eigenvalue weighted by Crippen LogP contribution is 2.19. The molecule has 6 heteroatoms. The van der Waals surface area contributed by atoms with Gasteiger partial charge in [-0.05, 0) is 44.4 Å². The molecule has 120 valence electrons. The van der Waals surface area contributed by atoms with Crippen molar-refractivity contribution in [3.63, 3.8) is 0 Å². The lowest BCUT2D eigenvalue weighted by molar-refractivity contribution is -0.138. The third-order valence-electron chi connectivity index (χ3n) is 3.81. The molecule has 1 aromatic rings. The maximum Gasteiger partial charge on any atom is 0.248 e. The molecular formula is C16H23N3O3. The van der Waals surface area contributed by atoms with E-state index in [4.69, 9.17) is 4.74 Å². The first-order chi connectivity index (χ1) is 10.6. The van der Waals surface area contributed by atoms with Crippen molar-refractivity contribution in [3.8, 4) is 0 Å². The molecule has 0 aliphatic carbocycles. The van der Waals surface area contributed by atoms with Crippen LogP contribution in [0.2, 0.25) is 0 Å². The van der Waals surface area contributed by atoms with Crippen molar-refractivity contribution >= 4 is 17.6 Å². The molecule has 2 rings (SSSR count). The summed E-state index contributed by atoms with van der Waals surface area (Å²) in [5, 5.41) is 2.85. The lowest BCUT2D eigenvalue weighted by Crippen LogP contribution is -2.43. The summed E-state index contributed by atoms with van der Waals surface area (Å²) in [5.74, 6) is 0.495.